The van der Waals surface area contributed by atoms with Crippen molar-refractivity contribution in [1.29, 1.82) is 0 Å². The van der Waals surface area contributed by atoms with E-state index < -0.39 is 0 Å². The van der Waals surface area contributed by atoms with Crippen LogP contribution in [0.1, 0.15) is 50.2 Å². The van der Waals surface area contributed by atoms with E-state index in [2.05, 4.69) is 43.4 Å². The summed E-state index contributed by atoms with van der Waals surface area (Å²) in [6.07, 6.45) is 3.55. The fourth-order valence-electron chi connectivity index (χ4n) is 1.99. The summed E-state index contributed by atoms with van der Waals surface area (Å²) in [7, 11) is 0. The van der Waals surface area contributed by atoms with Crippen molar-refractivity contribution in [3.8, 4) is 0 Å². The van der Waals surface area contributed by atoms with E-state index in [0.29, 0.717) is 5.92 Å². The molecule has 1 fully saturated rings. The van der Waals surface area contributed by atoms with Gasteiger partial charge in [0, 0.05) is 18.6 Å². The van der Waals surface area contributed by atoms with Crippen molar-refractivity contribution in [3.05, 3.63) is 35.4 Å². The molecule has 1 aromatic rings. The van der Waals surface area contributed by atoms with Crippen LogP contribution in [0.4, 0.5) is 0 Å². The molecular weight excluding hydrogens is 208 g/mol. The summed E-state index contributed by atoms with van der Waals surface area (Å²) >= 11 is 0. The summed E-state index contributed by atoms with van der Waals surface area (Å²) in [5.74, 6) is 0.663. The van der Waals surface area contributed by atoms with E-state index in [-0.39, 0.29) is 5.54 Å². The molecule has 1 saturated carbocycles. The zero-order valence-electron chi connectivity index (χ0n) is 11.0. The molecule has 0 saturated heterocycles. The van der Waals surface area contributed by atoms with Crippen LogP contribution in [0.25, 0.3) is 0 Å². The van der Waals surface area contributed by atoms with Crippen LogP contribution in [0.5, 0.6) is 0 Å². The first-order valence-corrected chi connectivity index (χ1v) is 6.71. The minimum Gasteiger partial charge on any atom is -0.324 e. The number of hydrogen-bond acceptors (Lipinski definition) is 2. The third kappa shape index (κ3) is 3.55. The molecule has 17 heavy (non-hydrogen) atoms. The van der Waals surface area contributed by atoms with Crippen LogP contribution in [0.15, 0.2) is 24.3 Å². The van der Waals surface area contributed by atoms with Crippen molar-refractivity contribution in [3.63, 3.8) is 0 Å². The van der Waals surface area contributed by atoms with Gasteiger partial charge in [-0.2, -0.15) is 0 Å². The number of nitrogens with two attached hydrogens (primary N) is 1. The van der Waals surface area contributed by atoms with Crippen molar-refractivity contribution >= 4 is 0 Å². The highest BCUT2D eigenvalue weighted by Gasteiger charge is 2.37. The largest absolute Gasteiger partial charge is 0.324 e. The highest BCUT2D eigenvalue weighted by Crippen LogP contribution is 2.31. The SMILES string of the molecule is CCC(C)c1ccc(CNCC2(N)CC2)cc1. The molecule has 0 aliphatic heterocycles. The highest BCUT2D eigenvalue weighted by molar-refractivity contribution is 5.25. The molecule has 1 atom stereocenters. The van der Waals surface area contributed by atoms with Crippen molar-refractivity contribution in [2.45, 2.75) is 51.1 Å². The Morgan fingerprint density at radius 3 is 2.47 bits per heavy atom. The Kier molecular flexibility index (Phi) is 3.85. The fraction of sp³-hybridized carbons (Fsp3) is 0.600. The van der Waals surface area contributed by atoms with Crippen LogP contribution in [0.3, 0.4) is 0 Å². The third-order valence-electron chi connectivity index (χ3n) is 3.86. The molecule has 3 N–H and O–H groups in total. The maximum atomic E-state index is 6.03. The van der Waals surface area contributed by atoms with Crippen LogP contribution >= 0.6 is 0 Å². The van der Waals surface area contributed by atoms with Crippen LogP contribution < -0.4 is 11.1 Å². The minimum absolute atomic E-state index is 0.108. The first-order valence-electron chi connectivity index (χ1n) is 6.71. The zero-order valence-corrected chi connectivity index (χ0v) is 11.0. The third-order valence-corrected chi connectivity index (χ3v) is 3.86. The van der Waals surface area contributed by atoms with Gasteiger partial charge in [0.05, 0.1) is 0 Å². The predicted octanol–water partition coefficient (Wildman–Crippen LogP) is 2.78. The standard InChI is InChI=1S/C15H24N2/c1-3-12(2)14-6-4-13(5-7-14)10-17-11-15(16)8-9-15/h4-7,12,17H,3,8-11,16H2,1-2H3. The lowest BCUT2D eigenvalue weighted by molar-refractivity contribution is 0.569. The van der Waals surface area contributed by atoms with Gasteiger partial charge in [0.1, 0.15) is 0 Å². The second kappa shape index (κ2) is 5.19. The Hall–Kier alpha value is -0.860. The maximum Gasteiger partial charge on any atom is 0.0282 e. The first kappa shape index (κ1) is 12.6. The van der Waals surface area contributed by atoms with Crippen LogP contribution in [0, 0.1) is 0 Å². The summed E-state index contributed by atoms with van der Waals surface area (Å²) < 4.78 is 0. The molecule has 1 unspecified atom stereocenters. The molecule has 0 spiro atoms. The smallest absolute Gasteiger partial charge is 0.0282 e. The lowest BCUT2D eigenvalue weighted by Crippen LogP contribution is -2.35. The molecule has 0 heterocycles. The molecule has 1 aliphatic rings. The number of benzene rings is 1. The molecule has 0 bridgehead atoms. The lowest BCUT2D eigenvalue weighted by Gasteiger charge is -2.12. The predicted molar refractivity (Wildman–Crippen MR) is 73.0 cm³/mol. The summed E-state index contributed by atoms with van der Waals surface area (Å²) in [5.41, 5.74) is 8.92. The molecule has 0 amide bonds. The van der Waals surface area contributed by atoms with Crippen molar-refractivity contribution in [2.75, 3.05) is 6.54 Å². The normalized spacial score (nSPS) is 19.0. The number of rotatable bonds is 6. The van der Waals surface area contributed by atoms with Crippen molar-refractivity contribution in [2.24, 2.45) is 5.73 Å². The van der Waals surface area contributed by atoms with Gasteiger partial charge >= 0.3 is 0 Å². The van der Waals surface area contributed by atoms with Crippen LogP contribution in [-0.4, -0.2) is 12.1 Å². The van der Waals surface area contributed by atoms with E-state index in [4.69, 9.17) is 5.73 Å². The van der Waals surface area contributed by atoms with Gasteiger partial charge in [-0.25, -0.2) is 0 Å². The molecule has 2 rings (SSSR count). The molecule has 1 aromatic carbocycles. The van der Waals surface area contributed by atoms with Crippen LogP contribution in [0.2, 0.25) is 0 Å². The zero-order chi connectivity index (χ0) is 12.3. The Balaban J connectivity index is 1.81. The maximum absolute atomic E-state index is 6.03. The van der Waals surface area contributed by atoms with E-state index >= 15 is 0 Å². The Bertz CT molecular complexity index is 352. The van der Waals surface area contributed by atoms with E-state index in [0.717, 1.165) is 13.1 Å². The second-order valence-electron chi connectivity index (χ2n) is 5.52. The number of nitrogens with one attached hydrogen (secondary N) is 1. The van der Waals surface area contributed by atoms with E-state index in [1.54, 1.807) is 0 Å². The van der Waals surface area contributed by atoms with Gasteiger partial charge in [0.15, 0.2) is 0 Å². The van der Waals surface area contributed by atoms with Gasteiger partial charge in [-0.1, -0.05) is 38.1 Å². The van der Waals surface area contributed by atoms with Crippen molar-refractivity contribution in [1.82, 2.24) is 5.32 Å². The van der Waals surface area contributed by atoms with E-state index in [1.165, 1.54) is 30.4 Å². The Labute approximate surface area is 105 Å². The average molecular weight is 232 g/mol. The Morgan fingerprint density at radius 2 is 1.94 bits per heavy atom. The molecule has 0 aromatic heterocycles. The summed E-state index contributed by atoms with van der Waals surface area (Å²) in [5, 5.41) is 3.44. The molecule has 94 valence electrons. The second-order valence-corrected chi connectivity index (χ2v) is 5.52. The van der Waals surface area contributed by atoms with Gasteiger partial charge in [-0.15, -0.1) is 0 Å². The molecule has 2 nitrogen and oxygen atoms in total. The average Bonchev–Trinajstić information content (AvgIpc) is 3.07. The van der Waals surface area contributed by atoms with Crippen molar-refractivity contribution < 1.29 is 0 Å². The quantitative estimate of drug-likeness (QED) is 0.791. The summed E-state index contributed by atoms with van der Waals surface area (Å²) in [6.45, 7) is 6.38. The first-order chi connectivity index (χ1) is 8.13. The summed E-state index contributed by atoms with van der Waals surface area (Å²) in [6, 6.07) is 8.95. The van der Waals surface area contributed by atoms with E-state index in [9.17, 15) is 0 Å². The Morgan fingerprint density at radius 1 is 1.29 bits per heavy atom. The molecule has 0 radical (unpaired) electrons. The topological polar surface area (TPSA) is 38.0 Å². The molecule has 2 heteroatoms. The van der Waals surface area contributed by atoms with Gasteiger partial charge in [0.2, 0.25) is 0 Å². The summed E-state index contributed by atoms with van der Waals surface area (Å²) in [4.78, 5) is 0. The number of hydrogen-bond donors (Lipinski definition) is 2. The van der Waals surface area contributed by atoms with Gasteiger partial charge < -0.3 is 11.1 Å². The van der Waals surface area contributed by atoms with Gasteiger partial charge in [-0.3, -0.25) is 0 Å². The van der Waals surface area contributed by atoms with Crippen LogP contribution in [-0.2, 0) is 6.54 Å². The van der Waals surface area contributed by atoms with Gasteiger partial charge in [0.25, 0.3) is 0 Å². The monoisotopic (exact) mass is 232 g/mol. The van der Waals surface area contributed by atoms with Gasteiger partial charge in [-0.05, 0) is 36.3 Å². The fourth-order valence-corrected chi connectivity index (χ4v) is 1.99. The minimum atomic E-state index is 0.108. The molecule has 1 aliphatic carbocycles. The molecular formula is C15H24N2. The highest BCUT2D eigenvalue weighted by atomic mass is 15.0. The van der Waals surface area contributed by atoms with E-state index in [1.807, 2.05) is 0 Å². The lowest BCUT2D eigenvalue weighted by atomic mass is 9.98.